The van der Waals surface area contributed by atoms with Crippen LogP contribution in [0.15, 0.2) is 18.2 Å². The van der Waals surface area contributed by atoms with Crippen molar-refractivity contribution in [1.82, 2.24) is 0 Å². The Morgan fingerprint density at radius 2 is 1.07 bits per heavy atom. The summed E-state index contributed by atoms with van der Waals surface area (Å²) >= 11 is 0. The highest BCUT2D eigenvalue weighted by molar-refractivity contribution is 5.76. The molecule has 12 heteroatoms. The van der Waals surface area contributed by atoms with Crippen molar-refractivity contribution >= 4 is 24.4 Å². The van der Waals surface area contributed by atoms with E-state index >= 15 is 0 Å². The summed E-state index contributed by atoms with van der Waals surface area (Å²) in [6.07, 6.45) is -5.67. The first-order chi connectivity index (χ1) is 19.0. The molecule has 5 atom stereocenters. The largest absolute Gasteiger partial charge is 0.514 e. The van der Waals surface area contributed by atoms with E-state index in [2.05, 4.69) is 0 Å². The van der Waals surface area contributed by atoms with Gasteiger partial charge in [0.15, 0.2) is 11.5 Å². The topological polar surface area (TPSA) is 159 Å². The molecule has 0 saturated carbocycles. The van der Waals surface area contributed by atoms with Crippen molar-refractivity contribution in [2.45, 2.75) is 112 Å². The molecule has 0 fully saturated rings. The number of carbonyl (C=O) groups is 4. The minimum absolute atomic E-state index is 0.0148. The molecule has 0 aliphatic heterocycles. The summed E-state index contributed by atoms with van der Waals surface area (Å²) in [4.78, 5) is 49.1. The van der Waals surface area contributed by atoms with Gasteiger partial charge in [-0.15, -0.1) is 0 Å². The van der Waals surface area contributed by atoms with E-state index in [0.29, 0.717) is 5.56 Å². The van der Waals surface area contributed by atoms with Crippen LogP contribution in [0.5, 0.6) is 11.5 Å². The zero-order chi connectivity index (χ0) is 31.4. The molecule has 0 amide bonds. The van der Waals surface area contributed by atoms with Gasteiger partial charge in [-0.3, -0.25) is 4.79 Å². The molecule has 0 aliphatic carbocycles. The molecule has 0 bridgehead atoms. The van der Waals surface area contributed by atoms with Crippen molar-refractivity contribution in [2.75, 3.05) is 0 Å². The third-order valence-electron chi connectivity index (χ3n) is 6.17. The van der Waals surface area contributed by atoms with E-state index in [1.807, 2.05) is 27.7 Å². The molecule has 0 spiro atoms. The fraction of sp³-hybridized carbons (Fsp3) is 0.655. The lowest BCUT2D eigenvalue weighted by Gasteiger charge is -2.22. The lowest BCUT2D eigenvalue weighted by Crippen LogP contribution is -2.39. The Labute approximate surface area is 242 Å². The first-order valence-corrected chi connectivity index (χ1v) is 13.7. The van der Waals surface area contributed by atoms with Gasteiger partial charge in [0.2, 0.25) is 0 Å². The van der Waals surface area contributed by atoms with Crippen molar-refractivity contribution in [3.05, 3.63) is 23.8 Å². The second-order valence-electron chi connectivity index (χ2n) is 10.8. The molecule has 1 rings (SSSR count). The summed E-state index contributed by atoms with van der Waals surface area (Å²) in [5, 5.41) is 0. The van der Waals surface area contributed by atoms with Crippen molar-refractivity contribution in [2.24, 2.45) is 17.6 Å². The van der Waals surface area contributed by atoms with Crippen molar-refractivity contribution < 1.29 is 52.3 Å². The quantitative estimate of drug-likeness (QED) is 0.175. The minimum atomic E-state index is -1.11. The molecule has 41 heavy (non-hydrogen) atoms. The van der Waals surface area contributed by atoms with Crippen LogP contribution in [0.25, 0.3) is 0 Å². The van der Waals surface area contributed by atoms with E-state index in [9.17, 15) is 19.2 Å². The normalized spacial score (nSPS) is 14.9. The van der Waals surface area contributed by atoms with Crippen LogP contribution in [-0.4, -0.2) is 61.0 Å². The molecule has 0 heterocycles. The zero-order valence-electron chi connectivity index (χ0n) is 25.6. The second kappa shape index (κ2) is 16.7. The molecule has 232 valence electrons. The summed E-state index contributed by atoms with van der Waals surface area (Å²) in [5.41, 5.74) is 6.55. The van der Waals surface area contributed by atoms with Crippen molar-refractivity contribution in [1.29, 1.82) is 0 Å². The van der Waals surface area contributed by atoms with Gasteiger partial charge in [-0.05, 0) is 77.5 Å². The highest BCUT2D eigenvalue weighted by atomic mass is 16.8. The maximum absolute atomic E-state index is 12.6. The van der Waals surface area contributed by atoms with Crippen LogP contribution in [0.2, 0.25) is 0 Å². The number of esters is 1. The van der Waals surface area contributed by atoms with Gasteiger partial charge in [0.05, 0.1) is 6.10 Å². The van der Waals surface area contributed by atoms with E-state index in [1.165, 1.54) is 12.1 Å². The summed E-state index contributed by atoms with van der Waals surface area (Å²) < 4.78 is 36.5. The fourth-order valence-electron chi connectivity index (χ4n) is 2.82. The van der Waals surface area contributed by atoms with E-state index in [0.717, 1.165) is 0 Å². The van der Waals surface area contributed by atoms with Gasteiger partial charge in [0.1, 0.15) is 30.5 Å². The smallest absolute Gasteiger partial charge is 0.458 e. The van der Waals surface area contributed by atoms with Gasteiger partial charge >= 0.3 is 24.4 Å². The number of nitrogens with two attached hydrogens (primary N) is 1. The Bertz CT molecular complexity index is 1020. The Hall–Kier alpha value is -3.54. The van der Waals surface area contributed by atoms with E-state index < -0.39 is 54.9 Å². The molecule has 3 unspecified atom stereocenters. The second-order valence-corrected chi connectivity index (χ2v) is 10.8. The van der Waals surface area contributed by atoms with Gasteiger partial charge in [-0.2, -0.15) is 0 Å². The first-order valence-electron chi connectivity index (χ1n) is 13.7. The van der Waals surface area contributed by atoms with Crippen LogP contribution in [-0.2, 0) is 34.9 Å². The average Bonchev–Trinajstić information content (AvgIpc) is 2.84. The first kappa shape index (κ1) is 35.5. The minimum Gasteiger partial charge on any atom is -0.458 e. The van der Waals surface area contributed by atoms with Crippen LogP contribution >= 0.6 is 0 Å². The van der Waals surface area contributed by atoms with E-state index in [4.69, 9.17) is 38.9 Å². The molecule has 0 saturated heterocycles. The Morgan fingerprint density at radius 1 is 0.610 bits per heavy atom. The fourth-order valence-corrected chi connectivity index (χ4v) is 2.82. The van der Waals surface area contributed by atoms with Gasteiger partial charge in [-0.25, -0.2) is 14.4 Å². The molecule has 12 nitrogen and oxygen atoms in total. The van der Waals surface area contributed by atoms with Crippen LogP contribution in [0.4, 0.5) is 14.4 Å². The maximum atomic E-state index is 12.6. The Balaban J connectivity index is 3.00. The summed E-state index contributed by atoms with van der Waals surface area (Å²) in [5.74, 6) is -0.868. The third kappa shape index (κ3) is 13.1. The number of carbonyl (C=O) groups excluding carboxylic acids is 4. The molecular weight excluding hydrogens is 538 g/mol. The molecule has 1 aromatic carbocycles. The number of rotatable bonds is 13. The average molecular weight is 584 g/mol. The zero-order valence-corrected chi connectivity index (χ0v) is 25.6. The van der Waals surface area contributed by atoms with E-state index in [-0.39, 0.29) is 35.9 Å². The summed E-state index contributed by atoms with van der Waals surface area (Å²) in [6, 6.07) is 3.23. The molecule has 1 aromatic rings. The highest BCUT2D eigenvalue weighted by Crippen LogP contribution is 2.30. The predicted octanol–water partition coefficient (Wildman–Crippen LogP) is 5.56. The van der Waals surface area contributed by atoms with Gasteiger partial charge in [0, 0.05) is 0 Å². The molecule has 0 aromatic heterocycles. The van der Waals surface area contributed by atoms with Crippen LogP contribution in [0.1, 0.15) is 74.8 Å². The van der Waals surface area contributed by atoms with Crippen LogP contribution in [0.3, 0.4) is 0 Å². The number of hydrogen-bond acceptors (Lipinski definition) is 12. The van der Waals surface area contributed by atoms with E-state index in [1.54, 1.807) is 47.6 Å². The standard InChI is InChI=1S/C29H45NO11/c1-15(2)18(7)37-28(33)40-24-12-11-22(14-25(24)41-29(34)38-19(8)16(3)4)13-23(30)26(31)36-20(9)21(10)39-27(32)35-17(5)6/h11-12,14-21,23H,13,30H2,1-10H3/t18-,19?,20?,21?,23-/m0/s1. The maximum Gasteiger partial charge on any atom is 0.514 e. The predicted molar refractivity (Wildman–Crippen MR) is 149 cm³/mol. The lowest BCUT2D eigenvalue weighted by atomic mass is 10.1. The monoisotopic (exact) mass is 583 g/mol. The molecule has 2 N–H and O–H groups in total. The molecule has 0 radical (unpaired) electrons. The Morgan fingerprint density at radius 3 is 1.56 bits per heavy atom. The lowest BCUT2D eigenvalue weighted by molar-refractivity contribution is -0.155. The SMILES string of the molecule is CC(C)OC(=O)OC(C)C(C)OC(=O)[C@@H](N)Cc1ccc(OC(=O)O[C@@H](C)C(C)C)c(OC(=O)OC(C)C(C)C)c1. The molecular formula is C29H45NO11. The number of ether oxygens (including phenoxy) is 7. The number of benzene rings is 1. The number of hydrogen-bond donors (Lipinski definition) is 1. The van der Waals surface area contributed by atoms with Gasteiger partial charge in [0.25, 0.3) is 0 Å². The van der Waals surface area contributed by atoms with Gasteiger partial charge < -0.3 is 38.9 Å². The Kier molecular flexibility index (Phi) is 14.4. The van der Waals surface area contributed by atoms with Crippen LogP contribution < -0.4 is 15.2 Å². The molecule has 0 aliphatic rings. The van der Waals surface area contributed by atoms with Gasteiger partial charge in [-0.1, -0.05) is 33.8 Å². The van der Waals surface area contributed by atoms with Crippen LogP contribution in [0, 0.1) is 11.8 Å². The summed E-state index contributed by atoms with van der Waals surface area (Å²) in [6.45, 7) is 17.4. The highest BCUT2D eigenvalue weighted by Gasteiger charge is 2.26. The summed E-state index contributed by atoms with van der Waals surface area (Å²) in [7, 11) is 0. The van der Waals surface area contributed by atoms with Crippen molar-refractivity contribution in [3.8, 4) is 11.5 Å². The van der Waals surface area contributed by atoms with Crippen molar-refractivity contribution in [3.63, 3.8) is 0 Å². The third-order valence-corrected chi connectivity index (χ3v) is 6.17.